The van der Waals surface area contributed by atoms with Gasteiger partial charge in [0.2, 0.25) is 0 Å². The fourth-order valence-electron chi connectivity index (χ4n) is 2.12. The smallest absolute Gasteiger partial charge is 0.335 e. The molecule has 1 aliphatic carbocycles. The molecule has 0 saturated carbocycles. The second-order valence-corrected chi connectivity index (χ2v) is 6.44. The van der Waals surface area contributed by atoms with Crippen LogP contribution in [0.25, 0.3) is 0 Å². The summed E-state index contributed by atoms with van der Waals surface area (Å²) in [6, 6.07) is 14.0. The SMILES string of the molecule is O=C(O)c1ccc(F)cc1.O=C(O)c1ccc(F)cc1.O=C(O)c1ccc(F)cc1.[C-]1=CC=CC1.[Ti]. The maximum absolute atomic E-state index is 12.2. The summed E-state index contributed by atoms with van der Waals surface area (Å²) in [6.07, 6.45) is 10.0. The number of allylic oxidation sites excluding steroid dienone is 4. The normalized spacial score (nSPS) is 10.2. The van der Waals surface area contributed by atoms with Crippen LogP contribution in [-0.2, 0) is 21.7 Å². The van der Waals surface area contributed by atoms with Crippen molar-refractivity contribution < 1.29 is 64.6 Å². The van der Waals surface area contributed by atoms with Crippen molar-refractivity contribution in [2.45, 2.75) is 6.42 Å². The number of halogens is 3. The van der Waals surface area contributed by atoms with Crippen molar-refractivity contribution in [2.75, 3.05) is 0 Å². The summed E-state index contributed by atoms with van der Waals surface area (Å²) < 4.78 is 36.5. The minimum atomic E-state index is -1.04. The summed E-state index contributed by atoms with van der Waals surface area (Å²) in [5.41, 5.74) is 0.296. The molecule has 3 aromatic rings. The van der Waals surface area contributed by atoms with E-state index in [2.05, 4.69) is 12.2 Å². The Labute approximate surface area is 219 Å². The third-order valence-electron chi connectivity index (χ3n) is 3.86. The van der Waals surface area contributed by atoms with Crippen LogP contribution in [0.5, 0.6) is 0 Å². The van der Waals surface area contributed by atoms with Crippen LogP contribution < -0.4 is 0 Å². The van der Waals surface area contributed by atoms with E-state index in [1.165, 1.54) is 36.4 Å². The van der Waals surface area contributed by atoms with Gasteiger partial charge in [-0.25, -0.2) is 39.7 Å². The minimum absolute atomic E-state index is 0. The van der Waals surface area contributed by atoms with E-state index in [1.807, 2.05) is 12.2 Å². The summed E-state index contributed by atoms with van der Waals surface area (Å²) in [5, 5.41) is 25.1. The van der Waals surface area contributed by atoms with Gasteiger partial charge < -0.3 is 15.3 Å². The maximum atomic E-state index is 12.2. The zero-order valence-electron chi connectivity index (χ0n) is 18.6. The minimum Gasteiger partial charge on any atom is -0.478 e. The quantitative estimate of drug-likeness (QED) is 0.287. The number of carbonyl (C=O) groups is 3. The van der Waals surface area contributed by atoms with Crippen LogP contribution in [0.3, 0.4) is 0 Å². The third-order valence-corrected chi connectivity index (χ3v) is 3.86. The summed E-state index contributed by atoms with van der Waals surface area (Å²) in [4.78, 5) is 30.6. The van der Waals surface area contributed by atoms with Gasteiger partial charge in [0.15, 0.2) is 0 Å². The molecule has 6 nitrogen and oxygen atoms in total. The molecule has 0 heterocycles. The number of hydrogen-bond acceptors (Lipinski definition) is 3. The average molecular weight is 533 g/mol. The van der Waals surface area contributed by atoms with Crippen LogP contribution >= 0.6 is 0 Å². The number of carboxylic acids is 3. The van der Waals surface area contributed by atoms with E-state index < -0.39 is 35.4 Å². The molecule has 0 atom stereocenters. The fourth-order valence-corrected chi connectivity index (χ4v) is 2.12. The van der Waals surface area contributed by atoms with Crippen LogP contribution in [0.1, 0.15) is 37.5 Å². The van der Waals surface area contributed by atoms with Gasteiger partial charge in [-0.2, -0.15) is 6.08 Å². The van der Waals surface area contributed by atoms with Gasteiger partial charge in [-0.3, -0.25) is 6.08 Å². The Bertz CT molecular complexity index is 1020. The van der Waals surface area contributed by atoms with Crippen LogP contribution in [0.4, 0.5) is 13.2 Å². The summed E-state index contributed by atoms with van der Waals surface area (Å²) >= 11 is 0. The van der Waals surface area contributed by atoms with E-state index >= 15 is 0 Å². The largest absolute Gasteiger partial charge is 0.478 e. The molecule has 0 bridgehead atoms. The van der Waals surface area contributed by atoms with Crippen molar-refractivity contribution in [1.82, 2.24) is 0 Å². The molecule has 10 heteroatoms. The predicted octanol–water partition coefficient (Wildman–Crippen LogP) is 5.87. The third kappa shape index (κ3) is 13.7. The van der Waals surface area contributed by atoms with Gasteiger partial charge in [0.05, 0.1) is 16.7 Å². The zero-order valence-corrected chi connectivity index (χ0v) is 20.1. The van der Waals surface area contributed by atoms with Crippen molar-refractivity contribution in [3.63, 3.8) is 0 Å². The molecule has 0 aliphatic heterocycles. The molecule has 0 spiro atoms. The first-order valence-electron chi connectivity index (χ1n) is 9.78. The summed E-state index contributed by atoms with van der Waals surface area (Å²) in [5.74, 6) is -4.40. The standard InChI is InChI=1S/3C7H5FO2.C5H5.Ti/c3*8-6-3-1-5(2-4-6)7(9)10;1-2-4-5-3-1;/h3*1-4H,(H,9,10);1-3H,4H2;/q;;;-1;. The molecule has 0 fully saturated rings. The number of aromatic carboxylic acids is 3. The average Bonchev–Trinajstić information content (AvgIpc) is 3.41. The molecule has 1 aliphatic rings. The fraction of sp³-hybridized carbons (Fsp3) is 0.0385. The second kappa shape index (κ2) is 17.5. The van der Waals surface area contributed by atoms with Crippen molar-refractivity contribution in [3.05, 3.63) is 131 Å². The van der Waals surface area contributed by atoms with Crippen molar-refractivity contribution in [3.8, 4) is 0 Å². The number of hydrogen-bond donors (Lipinski definition) is 3. The molecule has 4 rings (SSSR count). The van der Waals surface area contributed by atoms with E-state index in [0.29, 0.717) is 0 Å². The van der Waals surface area contributed by atoms with Crippen LogP contribution in [0.2, 0.25) is 0 Å². The van der Waals surface area contributed by atoms with E-state index in [9.17, 15) is 27.6 Å². The Morgan fingerprint density at radius 3 is 1.00 bits per heavy atom. The Kier molecular flexibility index (Phi) is 15.6. The maximum Gasteiger partial charge on any atom is 0.335 e. The van der Waals surface area contributed by atoms with Crippen LogP contribution in [-0.4, -0.2) is 33.2 Å². The Morgan fingerprint density at radius 2 is 0.861 bits per heavy atom. The molecule has 0 amide bonds. The van der Waals surface area contributed by atoms with Crippen molar-refractivity contribution in [2.24, 2.45) is 0 Å². The van der Waals surface area contributed by atoms with Gasteiger partial charge in [-0.15, -0.1) is 6.42 Å². The molecule has 3 N–H and O–H groups in total. The number of carboxylic acid groups (broad SMARTS) is 3. The van der Waals surface area contributed by atoms with Crippen LogP contribution in [0, 0.1) is 23.5 Å². The Balaban J connectivity index is 0.000000460. The Morgan fingerprint density at radius 1 is 0.583 bits per heavy atom. The number of benzene rings is 3. The molecular formula is C26H20F3O6Ti-. The van der Waals surface area contributed by atoms with Gasteiger partial charge in [0.1, 0.15) is 17.5 Å². The topological polar surface area (TPSA) is 112 Å². The van der Waals surface area contributed by atoms with Crippen molar-refractivity contribution in [1.29, 1.82) is 0 Å². The second-order valence-electron chi connectivity index (χ2n) is 6.44. The first-order chi connectivity index (χ1) is 16.6. The number of rotatable bonds is 3. The first-order valence-corrected chi connectivity index (χ1v) is 9.78. The predicted molar refractivity (Wildman–Crippen MR) is 122 cm³/mol. The molecule has 0 saturated heterocycles. The van der Waals surface area contributed by atoms with E-state index in [1.54, 1.807) is 0 Å². The van der Waals surface area contributed by atoms with Gasteiger partial charge >= 0.3 is 17.9 Å². The van der Waals surface area contributed by atoms with Gasteiger partial charge in [0.25, 0.3) is 0 Å². The zero-order chi connectivity index (χ0) is 26.2. The van der Waals surface area contributed by atoms with Gasteiger partial charge in [-0.05, 0) is 72.8 Å². The van der Waals surface area contributed by atoms with E-state index in [0.717, 1.165) is 42.8 Å². The van der Waals surface area contributed by atoms with Crippen LogP contribution in [0.15, 0.2) is 91.0 Å². The molecule has 0 unspecified atom stereocenters. The Hall–Kier alpha value is -3.95. The molecular weight excluding hydrogens is 513 g/mol. The summed E-state index contributed by atoms with van der Waals surface area (Å²) in [6.45, 7) is 0. The van der Waals surface area contributed by atoms with E-state index in [-0.39, 0.29) is 38.4 Å². The van der Waals surface area contributed by atoms with Gasteiger partial charge in [0, 0.05) is 21.7 Å². The monoisotopic (exact) mass is 533 g/mol. The molecule has 36 heavy (non-hydrogen) atoms. The van der Waals surface area contributed by atoms with E-state index in [4.69, 9.17) is 15.3 Å². The van der Waals surface area contributed by atoms with Crippen molar-refractivity contribution >= 4 is 17.9 Å². The molecule has 0 aromatic heterocycles. The van der Waals surface area contributed by atoms with Gasteiger partial charge in [-0.1, -0.05) is 0 Å². The first kappa shape index (κ1) is 32.1. The molecule has 186 valence electrons. The molecule has 0 radical (unpaired) electrons. The molecule has 3 aromatic carbocycles. The summed E-state index contributed by atoms with van der Waals surface area (Å²) in [7, 11) is 0.